The largest absolute Gasteiger partial charge is 0.205 e. The van der Waals surface area contributed by atoms with Crippen molar-refractivity contribution in [3.05, 3.63) is 33.9 Å². The molecule has 0 unspecified atom stereocenters. The van der Waals surface area contributed by atoms with Crippen molar-refractivity contribution >= 4 is 33.0 Å². The molecule has 0 saturated carbocycles. The number of rotatable bonds is 0. The first-order valence-electron chi connectivity index (χ1n) is 3.52. The highest BCUT2D eigenvalue weighted by atomic mass is 35.5. The van der Waals surface area contributed by atoms with Crippen LogP contribution in [-0.2, 0) is 0 Å². The zero-order valence-electron chi connectivity index (χ0n) is 6.40. The number of thiophene rings is 1. The van der Waals surface area contributed by atoms with Crippen molar-refractivity contribution in [3.8, 4) is 0 Å². The minimum Gasteiger partial charge on any atom is -0.205 e. The lowest BCUT2D eigenvalue weighted by molar-refractivity contribution is 0.630. The third-order valence-electron chi connectivity index (χ3n) is 1.81. The number of halogens is 2. The van der Waals surface area contributed by atoms with Crippen LogP contribution < -0.4 is 0 Å². The average Bonchev–Trinajstić information content (AvgIpc) is 2.41. The standard InChI is InChI=1S/C9H6ClFS/c1-5-4-12-7-3-2-6(11)9(10)8(5)7/h2-4H,1H3. The summed E-state index contributed by atoms with van der Waals surface area (Å²) in [6, 6.07) is 3.16. The van der Waals surface area contributed by atoms with Crippen LogP contribution in [0.2, 0.25) is 5.02 Å². The number of fused-ring (bicyclic) bond motifs is 1. The molecule has 2 aromatic rings. The number of hydrogen-bond acceptors (Lipinski definition) is 1. The summed E-state index contributed by atoms with van der Waals surface area (Å²) in [5, 5.41) is 3.07. The summed E-state index contributed by atoms with van der Waals surface area (Å²) >= 11 is 7.39. The lowest BCUT2D eigenvalue weighted by atomic mass is 10.2. The van der Waals surface area contributed by atoms with Crippen LogP contribution >= 0.6 is 22.9 Å². The summed E-state index contributed by atoms with van der Waals surface area (Å²) in [6.45, 7) is 1.93. The molecular formula is C9H6ClFS. The maximum atomic E-state index is 13.0. The predicted molar refractivity (Wildman–Crippen MR) is 51.5 cm³/mol. The van der Waals surface area contributed by atoms with Crippen molar-refractivity contribution < 1.29 is 4.39 Å². The lowest BCUT2D eigenvalue weighted by Crippen LogP contribution is -1.77. The molecule has 0 bridgehead atoms. The van der Waals surface area contributed by atoms with E-state index >= 15 is 0 Å². The molecule has 62 valence electrons. The molecule has 0 saturated heterocycles. The first-order valence-corrected chi connectivity index (χ1v) is 4.77. The Kier molecular flexibility index (Phi) is 1.81. The van der Waals surface area contributed by atoms with Crippen LogP contribution in [-0.4, -0.2) is 0 Å². The van der Waals surface area contributed by atoms with Crippen LogP contribution in [0.1, 0.15) is 5.56 Å². The molecule has 2 rings (SSSR count). The van der Waals surface area contributed by atoms with Crippen LogP contribution in [0.5, 0.6) is 0 Å². The Morgan fingerprint density at radius 3 is 2.92 bits per heavy atom. The van der Waals surface area contributed by atoms with E-state index in [1.54, 1.807) is 17.4 Å². The molecule has 0 N–H and O–H groups in total. The molecule has 0 amide bonds. The second-order valence-electron chi connectivity index (χ2n) is 2.65. The van der Waals surface area contributed by atoms with Crippen molar-refractivity contribution in [1.29, 1.82) is 0 Å². The van der Waals surface area contributed by atoms with E-state index in [0.717, 1.165) is 15.6 Å². The molecule has 0 nitrogen and oxygen atoms in total. The van der Waals surface area contributed by atoms with Gasteiger partial charge in [0.2, 0.25) is 0 Å². The Bertz CT molecular complexity index is 433. The summed E-state index contributed by atoms with van der Waals surface area (Å²) in [4.78, 5) is 0. The maximum absolute atomic E-state index is 13.0. The summed E-state index contributed by atoms with van der Waals surface area (Å²) < 4.78 is 14.0. The second-order valence-corrected chi connectivity index (χ2v) is 3.94. The molecule has 12 heavy (non-hydrogen) atoms. The summed E-state index contributed by atoms with van der Waals surface area (Å²) in [7, 11) is 0. The van der Waals surface area contributed by atoms with E-state index < -0.39 is 0 Å². The van der Waals surface area contributed by atoms with Gasteiger partial charge in [-0.25, -0.2) is 4.39 Å². The van der Waals surface area contributed by atoms with Crippen molar-refractivity contribution in [2.75, 3.05) is 0 Å². The molecule has 0 aliphatic heterocycles. The summed E-state index contributed by atoms with van der Waals surface area (Å²) in [5.74, 6) is -0.342. The minimum absolute atomic E-state index is 0.242. The van der Waals surface area contributed by atoms with Gasteiger partial charge in [-0.15, -0.1) is 11.3 Å². The molecule has 1 aromatic heterocycles. The third kappa shape index (κ3) is 1.03. The molecule has 0 aliphatic carbocycles. The molecule has 0 atom stereocenters. The Morgan fingerprint density at radius 1 is 1.42 bits per heavy atom. The van der Waals surface area contributed by atoms with Gasteiger partial charge in [0.15, 0.2) is 0 Å². The Morgan fingerprint density at radius 2 is 2.17 bits per heavy atom. The number of hydrogen-bond donors (Lipinski definition) is 0. The van der Waals surface area contributed by atoms with Gasteiger partial charge in [-0.05, 0) is 30.0 Å². The normalized spacial score (nSPS) is 10.9. The first-order chi connectivity index (χ1) is 5.70. The minimum atomic E-state index is -0.342. The molecule has 1 heterocycles. The summed E-state index contributed by atoms with van der Waals surface area (Å²) in [6.07, 6.45) is 0. The van der Waals surface area contributed by atoms with Gasteiger partial charge < -0.3 is 0 Å². The first kappa shape index (κ1) is 8.02. The van der Waals surface area contributed by atoms with Crippen LogP contribution in [0.4, 0.5) is 4.39 Å². The van der Waals surface area contributed by atoms with E-state index in [-0.39, 0.29) is 10.8 Å². The van der Waals surface area contributed by atoms with Crippen molar-refractivity contribution in [2.45, 2.75) is 6.92 Å². The predicted octanol–water partition coefficient (Wildman–Crippen LogP) is 4.00. The SMILES string of the molecule is Cc1csc2ccc(F)c(Cl)c12. The van der Waals surface area contributed by atoms with E-state index in [2.05, 4.69) is 0 Å². The topological polar surface area (TPSA) is 0 Å². The van der Waals surface area contributed by atoms with E-state index in [0.29, 0.717) is 0 Å². The molecule has 0 fully saturated rings. The maximum Gasteiger partial charge on any atom is 0.142 e. The van der Waals surface area contributed by atoms with E-state index in [4.69, 9.17) is 11.6 Å². The second kappa shape index (κ2) is 2.71. The van der Waals surface area contributed by atoms with Gasteiger partial charge in [0.05, 0.1) is 5.02 Å². The lowest BCUT2D eigenvalue weighted by Gasteiger charge is -1.96. The highest BCUT2D eigenvalue weighted by Crippen LogP contribution is 2.33. The van der Waals surface area contributed by atoms with E-state index in [1.807, 2.05) is 12.3 Å². The third-order valence-corrected chi connectivity index (χ3v) is 3.25. The van der Waals surface area contributed by atoms with Crippen LogP contribution in [0.25, 0.3) is 10.1 Å². The fourth-order valence-electron chi connectivity index (χ4n) is 1.21. The van der Waals surface area contributed by atoms with Gasteiger partial charge in [-0.3, -0.25) is 0 Å². The molecule has 0 aliphatic rings. The highest BCUT2D eigenvalue weighted by Gasteiger charge is 2.08. The van der Waals surface area contributed by atoms with Crippen LogP contribution in [0.3, 0.4) is 0 Å². The molecule has 0 radical (unpaired) electrons. The van der Waals surface area contributed by atoms with E-state index in [9.17, 15) is 4.39 Å². The van der Waals surface area contributed by atoms with Crippen molar-refractivity contribution in [3.63, 3.8) is 0 Å². The van der Waals surface area contributed by atoms with Crippen molar-refractivity contribution in [1.82, 2.24) is 0 Å². The van der Waals surface area contributed by atoms with Gasteiger partial charge in [0.1, 0.15) is 5.82 Å². The molecule has 1 aromatic carbocycles. The van der Waals surface area contributed by atoms with Crippen LogP contribution in [0.15, 0.2) is 17.5 Å². The van der Waals surface area contributed by atoms with Gasteiger partial charge in [-0.1, -0.05) is 11.6 Å². The monoisotopic (exact) mass is 200 g/mol. The van der Waals surface area contributed by atoms with Crippen molar-refractivity contribution in [2.24, 2.45) is 0 Å². The average molecular weight is 201 g/mol. The Labute approximate surface area is 78.6 Å². The fraction of sp³-hybridized carbons (Fsp3) is 0.111. The van der Waals surface area contributed by atoms with Crippen LogP contribution in [0, 0.1) is 12.7 Å². The molecule has 0 spiro atoms. The fourth-order valence-corrected chi connectivity index (χ4v) is 2.53. The number of benzene rings is 1. The molecular weight excluding hydrogens is 195 g/mol. The van der Waals surface area contributed by atoms with Gasteiger partial charge >= 0.3 is 0 Å². The smallest absolute Gasteiger partial charge is 0.142 e. The van der Waals surface area contributed by atoms with Gasteiger partial charge in [0, 0.05) is 10.1 Å². The van der Waals surface area contributed by atoms with Gasteiger partial charge in [0.25, 0.3) is 0 Å². The molecule has 3 heteroatoms. The Balaban J connectivity index is 2.96. The summed E-state index contributed by atoms with van der Waals surface area (Å²) in [5.41, 5.74) is 1.04. The zero-order valence-corrected chi connectivity index (χ0v) is 7.97. The van der Waals surface area contributed by atoms with Gasteiger partial charge in [-0.2, -0.15) is 0 Å². The zero-order chi connectivity index (χ0) is 8.72. The highest BCUT2D eigenvalue weighted by molar-refractivity contribution is 7.17. The quantitative estimate of drug-likeness (QED) is 0.603. The number of aryl methyl sites for hydroxylation is 1. The van der Waals surface area contributed by atoms with E-state index in [1.165, 1.54) is 6.07 Å². The Hall–Kier alpha value is -0.600.